The average molecular weight is 618 g/mol. The van der Waals surface area contributed by atoms with E-state index in [1.807, 2.05) is 54.7 Å². The predicted octanol–water partition coefficient (Wildman–Crippen LogP) is 6.80. The van der Waals surface area contributed by atoms with Crippen molar-refractivity contribution in [2.75, 3.05) is 0 Å². The van der Waals surface area contributed by atoms with Crippen molar-refractivity contribution in [1.29, 1.82) is 0 Å². The molecule has 34 heavy (non-hydrogen) atoms. The normalized spacial score (nSPS) is 12.4. The summed E-state index contributed by atoms with van der Waals surface area (Å²) in [5.74, 6) is 0. The first-order chi connectivity index (χ1) is 16.1. The Balaban J connectivity index is 0.000000180. The fourth-order valence-electron chi connectivity index (χ4n) is 4.29. The molecule has 0 atom stereocenters. The first kappa shape index (κ1) is 23.7. The summed E-state index contributed by atoms with van der Waals surface area (Å²) in [5.41, 5.74) is 9.21. The Labute approximate surface area is 214 Å². The van der Waals surface area contributed by atoms with Gasteiger partial charge in [0.2, 0.25) is 0 Å². The molecule has 1 aliphatic rings. The minimum absolute atomic E-state index is 0. The van der Waals surface area contributed by atoms with E-state index in [9.17, 15) is 0 Å². The van der Waals surface area contributed by atoms with Crippen molar-refractivity contribution in [2.24, 2.45) is 0 Å². The van der Waals surface area contributed by atoms with Crippen LogP contribution in [0.2, 0.25) is 0 Å². The number of hydrogen-bond donors (Lipinski definition) is 0. The SMILES string of the molecule is CC1(C)c2ccccc2-c2cnc(-c3[c-]cncc3)cc21.[Ir].[c-]1ccccc1-c1ccccn1. The van der Waals surface area contributed by atoms with E-state index in [2.05, 4.69) is 71.3 Å². The van der Waals surface area contributed by atoms with Gasteiger partial charge in [0.25, 0.3) is 0 Å². The van der Waals surface area contributed by atoms with Gasteiger partial charge in [-0.2, -0.15) is 11.6 Å². The summed E-state index contributed by atoms with van der Waals surface area (Å²) in [6.45, 7) is 4.55. The van der Waals surface area contributed by atoms with E-state index in [-0.39, 0.29) is 25.5 Å². The fraction of sp³-hybridized carbons (Fsp3) is 0.100. The summed E-state index contributed by atoms with van der Waals surface area (Å²) in [5, 5.41) is 0. The van der Waals surface area contributed by atoms with Crippen molar-refractivity contribution in [3.05, 3.63) is 127 Å². The zero-order valence-corrected chi connectivity index (χ0v) is 21.4. The number of aromatic nitrogens is 3. The quantitative estimate of drug-likeness (QED) is 0.205. The summed E-state index contributed by atoms with van der Waals surface area (Å²) < 4.78 is 0. The Hall–Kier alpha value is -3.46. The molecule has 2 aromatic carbocycles. The van der Waals surface area contributed by atoms with Gasteiger partial charge in [0.05, 0.1) is 0 Å². The Morgan fingerprint density at radius 2 is 1.47 bits per heavy atom. The van der Waals surface area contributed by atoms with E-state index in [4.69, 9.17) is 0 Å². The molecule has 0 spiro atoms. The van der Waals surface area contributed by atoms with Crippen molar-refractivity contribution in [3.8, 4) is 33.6 Å². The molecule has 0 aliphatic heterocycles. The van der Waals surface area contributed by atoms with Crippen LogP contribution in [0.3, 0.4) is 0 Å². The molecule has 0 saturated carbocycles. The maximum absolute atomic E-state index is 4.63. The van der Waals surface area contributed by atoms with Gasteiger partial charge in [-0.25, -0.2) is 0 Å². The van der Waals surface area contributed by atoms with Crippen LogP contribution in [-0.2, 0) is 25.5 Å². The van der Waals surface area contributed by atoms with Crippen LogP contribution in [0.5, 0.6) is 0 Å². The molecule has 3 nitrogen and oxygen atoms in total. The first-order valence-electron chi connectivity index (χ1n) is 11.0. The number of pyridine rings is 3. The monoisotopic (exact) mass is 618 g/mol. The van der Waals surface area contributed by atoms with Crippen molar-refractivity contribution in [2.45, 2.75) is 19.3 Å². The summed E-state index contributed by atoms with van der Waals surface area (Å²) in [4.78, 5) is 12.9. The summed E-state index contributed by atoms with van der Waals surface area (Å²) in [6, 6.07) is 32.7. The maximum atomic E-state index is 4.63. The first-order valence-corrected chi connectivity index (χ1v) is 11.0. The number of hydrogen-bond acceptors (Lipinski definition) is 3. The molecule has 0 N–H and O–H groups in total. The smallest absolute Gasteiger partial charge is 0.0206 e. The molecule has 6 rings (SSSR count). The molecular formula is C30H23IrN3-2. The van der Waals surface area contributed by atoms with E-state index < -0.39 is 0 Å². The third kappa shape index (κ3) is 4.61. The van der Waals surface area contributed by atoms with Crippen LogP contribution in [0.1, 0.15) is 25.0 Å². The van der Waals surface area contributed by atoms with Gasteiger partial charge in [-0.05, 0) is 46.5 Å². The molecule has 3 heterocycles. The molecule has 3 aromatic heterocycles. The van der Waals surface area contributed by atoms with E-state index in [0.717, 1.165) is 22.5 Å². The van der Waals surface area contributed by atoms with Crippen molar-refractivity contribution in [1.82, 2.24) is 15.0 Å². The van der Waals surface area contributed by atoms with Gasteiger partial charge in [-0.1, -0.05) is 56.3 Å². The molecule has 169 valence electrons. The van der Waals surface area contributed by atoms with Crippen LogP contribution in [-0.4, -0.2) is 15.0 Å². The second kappa shape index (κ2) is 10.2. The largest absolute Gasteiger partial charge is 0.320 e. The molecule has 0 amide bonds. The maximum Gasteiger partial charge on any atom is 0.0206 e. The average Bonchev–Trinajstić information content (AvgIpc) is 3.12. The van der Waals surface area contributed by atoms with Gasteiger partial charge in [-0.15, -0.1) is 42.0 Å². The Morgan fingerprint density at radius 3 is 2.21 bits per heavy atom. The van der Waals surface area contributed by atoms with Crippen LogP contribution in [0, 0.1) is 12.1 Å². The van der Waals surface area contributed by atoms with Gasteiger partial charge in [-0.3, -0.25) is 4.98 Å². The molecule has 0 saturated heterocycles. The third-order valence-electron chi connectivity index (χ3n) is 6.02. The van der Waals surface area contributed by atoms with Gasteiger partial charge in [0, 0.05) is 43.5 Å². The molecule has 1 radical (unpaired) electrons. The molecule has 1 aliphatic carbocycles. The van der Waals surface area contributed by atoms with Gasteiger partial charge in [0.15, 0.2) is 0 Å². The summed E-state index contributed by atoms with van der Waals surface area (Å²) in [6.07, 6.45) is 7.24. The standard InChI is InChI=1S/C19H15N2.C11H8N.Ir/c1-19(2)16-6-4-3-5-14(16)15-12-21-18(11-17(15)19)13-7-9-20-10-8-13;1-2-6-10(7-3-1)11-8-4-5-9-12-11;/h3-7,9-12H,1-2H3;1-6,8-9H;/q2*-1;. The van der Waals surface area contributed by atoms with E-state index in [1.54, 1.807) is 18.6 Å². The molecule has 4 heteroatoms. The second-order valence-electron chi connectivity index (χ2n) is 8.43. The van der Waals surface area contributed by atoms with Crippen LogP contribution >= 0.6 is 0 Å². The minimum atomic E-state index is 0. The van der Waals surface area contributed by atoms with Gasteiger partial charge in [0.1, 0.15) is 0 Å². The van der Waals surface area contributed by atoms with Crippen molar-refractivity contribution >= 4 is 0 Å². The predicted molar refractivity (Wildman–Crippen MR) is 132 cm³/mol. The fourth-order valence-corrected chi connectivity index (χ4v) is 4.29. The van der Waals surface area contributed by atoms with Crippen LogP contribution < -0.4 is 0 Å². The molecule has 0 bridgehead atoms. The number of benzene rings is 2. The van der Waals surface area contributed by atoms with E-state index in [1.165, 1.54) is 22.3 Å². The summed E-state index contributed by atoms with van der Waals surface area (Å²) >= 11 is 0. The van der Waals surface area contributed by atoms with Crippen LogP contribution in [0.25, 0.3) is 33.6 Å². The Kier molecular flexibility index (Phi) is 7.11. The zero-order chi connectivity index (χ0) is 22.7. The van der Waals surface area contributed by atoms with Crippen LogP contribution in [0.4, 0.5) is 0 Å². The third-order valence-corrected chi connectivity index (χ3v) is 6.02. The van der Waals surface area contributed by atoms with Crippen molar-refractivity contribution < 1.29 is 20.1 Å². The van der Waals surface area contributed by atoms with E-state index >= 15 is 0 Å². The molecule has 0 fully saturated rings. The van der Waals surface area contributed by atoms with E-state index in [0.29, 0.717) is 0 Å². The summed E-state index contributed by atoms with van der Waals surface area (Å²) in [7, 11) is 0. The molecule has 0 unspecified atom stereocenters. The Bertz CT molecular complexity index is 1330. The molecule has 5 aromatic rings. The van der Waals surface area contributed by atoms with Gasteiger partial charge >= 0.3 is 0 Å². The minimum Gasteiger partial charge on any atom is -0.320 e. The topological polar surface area (TPSA) is 38.7 Å². The van der Waals surface area contributed by atoms with Gasteiger partial charge < -0.3 is 9.97 Å². The van der Waals surface area contributed by atoms with Crippen LogP contribution in [0.15, 0.2) is 104 Å². The zero-order valence-electron chi connectivity index (χ0n) is 19.0. The molecular weight excluding hydrogens is 595 g/mol. The second-order valence-corrected chi connectivity index (χ2v) is 8.43. The number of nitrogens with zero attached hydrogens (tertiary/aromatic N) is 3. The number of rotatable bonds is 2. The Morgan fingerprint density at radius 1 is 0.676 bits per heavy atom. The number of fused-ring (bicyclic) bond motifs is 3. The van der Waals surface area contributed by atoms with Crippen molar-refractivity contribution in [3.63, 3.8) is 0 Å².